The number of thiazole rings is 1. The van der Waals surface area contributed by atoms with Crippen molar-refractivity contribution in [2.45, 2.75) is 38.6 Å². The third-order valence-electron chi connectivity index (χ3n) is 5.88. The lowest BCUT2D eigenvalue weighted by molar-refractivity contribution is -0.158. The van der Waals surface area contributed by atoms with E-state index in [2.05, 4.69) is 0 Å². The Balaban J connectivity index is 1.67. The summed E-state index contributed by atoms with van der Waals surface area (Å²) in [5, 5.41) is 0. The van der Waals surface area contributed by atoms with Crippen LogP contribution in [0.2, 0.25) is 0 Å². The molecule has 3 aromatic rings. The van der Waals surface area contributed by atoms with Gasteiger partial charge in [0.1, 0.15) is 17.4 Å². The van der Waals surface area contributed by atoms with Crippen molar-refractivity contribution in [3.63, 3.8) is 0 Å². The molecule has 2 aromatic carbocycles. The standard InChI is InChI=1S/C25H24N2O5S/c1-14(2)31-16-11-9-15(10-12-16)13-19-22(28)27-21-17-7-5-6-8-18(17)32-25(3,26-24(27)33-19)20(21)23(29)30-4/h5-14,20-21H,1-4H3/b19-13+/t20-,21-,25-/m0/s1. The van der Waals surface area contributed by atoms with E-state index < -0.39 is 23.7 Å². The van der Waals surface area contributed by atoms with Gasteiger partial charge in [-0.2, -0.15) is 0 Å². The third-order valence-corrected chi connectivity index (χ3v) is 6.87. The second-order valence-corrected chi connectivity index (χ2v) is 9.57. The van der Waals surface area contributed by atoms with Gasteiger partial charge in [0.25, 0.3) is 5.56 Å². The zero-order valence-electron chi connectivity index (χ0n) is 18.8. The van der Waals surface area contributed by atoms with Gasteiger partial charge < -0.3 is 14.2 Å². The first-order valence-corrected chi connectivity index (χ1v) is 11.6. The predicted octanol–water partition coefficient (Wildman–Crippen LogP) is 2.65. The van der Waals surface area contributed by atoms with Gasteiger partial charge in [0.2, 0.25) is 5.72 Å². The number of nitrogens with zero attached hydrogens (tertiary/aromatic N) is 2. The van der Waals surface area contributed by atoms with Crippen LogP contribution in [-0.4, -0.2) is 29.5 Å². The summed E-state index contributed by atoms with van der Waals surface area (Å²) in [5.74, 6) is 0.146. The van der Waals surface area contributed by atoms with Crippen molar-refractivity contribution in [3.05, 3.63) is 79.3 Å². The van der Waals surface area contributed by atoms with E-state index >= 15 is 0 Å². The van der Waals surface area contributed by atoms with Crippen molar-refractivity contribution >= 4 is 23.4 Å². The summed E-state index contributed by atoms with van der Waals surface area (Å²) < 4.78 is 19.1. The predicted molar refractivity (Wildman–Crippen MR) is 124 cm³/mol. The minimum atomic E-state index is -1.17. The molecule has 0 fully saturated rings. The van der Waals surface area contributed by atoms with Crippen molar-refractivity contribution in [1.82, 2.24) is 4.57 Å². The van der Waals surface area contributed by atoms with E-state index in [-0.39, 0.29) is 11.7 Å². The van der Waals surface area contributed by atoms with Crippen molar-refractivity contribution in [2.24, 2.45) is 10.9 Å². The van der Waals surface area contributed by atoms with Crippen LogP contribution in [0.5, 0.6) is 11.5 Å². The highest BCUT2D eigenvalue weighted by Crippen LogP contribution is 2.47. The van der Waals surface area contributed by atoms with E-state index in [9.17, 15) is 9.59 Å². The molecule has 3 atom stereocenters. The zero-order chi connectivity index (χ0) is 23.3. The summed E-state index contributed by atoms with van der Waals surface area (Å²) in [7, 11) is 1.34. The minimum Gasteiger partial charge on any atom is -0.491 e. The van der Waals surface area contributed by atoms with Crippen molar-refractivity contribution < 1.29 is 19.0 Å². The maximum Gasteiger partial charge on any atom is 0.317 e. The van der Waals surface area contributed by atoms with Gasteiger partial charge >= 0.3 is 5.97 Å². The molecule has 0 saturated heterocycles. The first-order chi connectivity index (χ1) is 15.8. The second-order valence-electron chi connectivity index (χ2n) is 8.56. The van der Waals surface area contributed by atoms with Crippen LogP contribution < -0.4 is 24.4 Å². The topological polar surface area (TPSA) is 79.1 Å². The normalized spacial score (nSPS) is 23.2. The van der Waals surface area contributed by atoms with Crippen LogP contribution >= 0.6 is 11.3 Å². The summed E-state index contributed by atoms with van der Waals surface area (Å²) in [5.41, 5.74) is 0.274. The molecule has 0 N–H and O–H groups in total. The molecule has 170 valence electrons. The highest BCUT2D eigenvalue weighted by atomic mass is 32.1. The molecule has 0 spiro atoms. The van der Waals surface area contributed by atoms with E-state index in [1.165, 1.54) is 18.4 Å². The van der Waals surface area contributed by atoms with Gasteiger partial charge in [-0.3, -0.25) is 14.2 Å². The SMILES string of the molecule is COC(=O)[C@@H]1[C@@H]2c3ccccc3O[C@]1(C)N=c1s/c(=C/c3ccc(OC(C)C)cc3)c(=O)n12. The molecule has 2 aliphatic rings. The molecular formula is C25H24N2O5S. The molecule has 33 heavy (non-hydrogen) atoms. The molecule has 8 heteroatoms. The number of hydrogen-bond donors (Lipinski definition) is 0. The Hall–Kier alpha value is -3.39. The third kappa shape index (κ3) is 3.54. The molecule has 2 bridgehead atoms. The van der Waals surface area contributed by atoms with E-state index in [1.54, 1.807) is 11.5 Å². The number of methoxy groups -OCH3 is 1. The lowest BCUT2D eigenvalue weighted by Crippen LogP contribution is -2.58. The Kier molecular flexibility index (Phi) is 5.12. The number of para-hydroxylation sites is 1. The minimum absolute atomic E-state index is 0.0867. The number of esters is 1. The largest absolute Gasteiger partial charge is 0.491 e. The average Bonchev–Trinajstić information content (AvgIpc) is 3.07. The molecule has 5 rings (SSSR count). The van der Waals surface area contributed by atoms with Crippen molar-refractivity contribution in [2.75, 3.05) is 7.11 Å². The van der Waals surface area contributed by atoms with Gasteiger partial charge in [-0.05, 0) is 50.6 Å². The number of fused-ring (bicyclic) bond motifs is 6. The Labute approximate surface area is 194 Å². The quantitative estimate of drug-likeness (QED) is 0.555. The average molecular weight is 465 g/mol. The Morgan fingerprint density at radius 3 is 2.64 bits per heavy atom. The van der Waals surface area contributed by atoms with E-state index in [4.69, 9.17) is 19.2 Å². The van der Waals surface area contributed by atoms with Gasteiger partial charge in [0.15, 0.2) is 4.80 Å². The Morgan fingerprint density at radius 2 is 1.94 bits per heavy atom. The fourth-order valence-electron chi connectivity index (χ4n) is 4.50. The molecule has 0 unspecified atom stereocenters. The Morgan fingerprint density at radius 1 is 1.21 bits per heavy atom. The smallest absolute Gasteiger partial charge is 0.317 e. The number of hydrogen-bond acceptors (Lipinski definition) is 7. The van der Waals surface area contributed by atoms with Gasteiger partial charge in [0, 0.05) is 5.56 Å². The summed E-state index contributed by atoms with van der Waals surface area (Å²) in [6.45, 7) is 5.71. The molecule has 0 aliphatic carbocycles. The maximum atomic E-state index is 13.6. The lowest BCUT2D eigenvalue weighted by atomic mass is 9.81. The van der Waals surface area contributed by atoms with Gasteiger partial charge in [0.05, 0.1) is 23.8 Å². The first-order valence-electron chi connectivity index (χ1n) is 10.8. The number of benzene rings is 2. The second kappa shape index (κ2) is 7.88. The summed E-state index contributed by atoms with van der Waals surface area (Å²) in [6, 6.07) is 14.5. The molecule has 7 nitrogen and oxygen atoms in total. The monoisotopic (exact) mass is 464 g/mol. The first kappa shape index (κ1) is 21.5. The van der Waals surface area contributed by atoms with Gasteiger partial charge in [-0.25, -0.2) is 4.99 Å². The molecule has 0 amide bonds. The highest BCUT2D eigenvalue weighted by molar-refractivity contribution is 7.07. The molecule has 3 heterocycles. The number of carbonyl (C=O) groups is 1. The summed E-state index contributed by atoms with van der Waals surface area (Å²) in [6.07, 6.45) is 1.92. The number of carbonyl (C=O) groups excluding carboxylic acids is 1. The van der Waals surface area contributed by atoms with Crippen LogP contribution in [0.25, 0.3) is 6.08 Å². The molecular weight excluding hydrogens is 440 g/mol. The van der Waals surface area contributed by atoms with Crippen molar-refractivity contribution in [3.8, 4) is 11.5 Å². The van der Waals surface area contributed by atoms with E-state index in [1.807, 2.05) is 68.5 Å². The summed E-state index contributed by atoms with van der Waals surface area (Å²) in [4.78, 5) is 31.7. The van der Waals surface area contributed by atoms with Crippen LogP contribution in [0.15, 0.2) is 58.3 Å². The lowest BCUT2D eigenvalue weighted by Gasteiger charge is -2.44. The molecule has 1 aromatic heterocycles. The summed E-state index contributed by atoms with van der Waals surface area (Å²) >= 11 is 1.29. The van der Waals surface area contributed by atoms with Crippen LogP contribution in [0.1, 0.15) is 37.9 Å². The Bertz CT molecular complexity index is 1410. The van der Waals surface area contributed by atoms with Crippen molar-refractivity contribution in [1.29, 1.82) is 0 Å². The molecule has 0 saturated carbocycles. The number of aromatic nitrogens is 1. The van der Waals surface area contributed by atoms with Crippen LogP contribution in [0, 0.1) is 5.92 Å². The molecule has 0 radical (unpaired) electrons. The van der Waals surface area contributed by atoms with Crippen LogP contribution in [-0.2, 0) is 9.53 Å². The van der Waals surface area contributed by atoms with Gasteiger partial charge in [-0.15, -0.1) is 0 Å². The fraction of sp³-hybridized carbons (Fsp3) is 0.320. The molecule has 2 aliphatic heterocycles. The number of ether oxygens (including phenoxy) is 3. The maximum absolute atomic E-state index is 13.6. The zero-order valence-corrected chi connectivity index (χ0v) is 19.6. The highest BCUT2D eigenvalue weighted by Gasteiger charge is 2.55. The van der Waals surface area contributed by atoms with Crippen LogP contribution in [0.3, 0.4) is 0 Å². The van der Waals surface area contributed by atoms with Crippen LogP contribution in [0.4, 0.5) is 0 Å². The fourth-order valence-corrected chi connectivity index (χ4v) is 5.60. The van der Waals surface area contributed by atoms with E-state index in [0.717, 1.165) is 16.9 Å². The van der Waals surface area contributed by atoms with E-state index in [0.29, 0.717) is 15.1 Å². The van der Waals surface area contributed by atoms with Gasteiger partial charge in [-0.1, -0.05) is 41.7 Å². The number of rotatable bonds is 4.